The minimum absolute atomic E-state index is 0.0548. The van der Waals surface area contributed by atoms with Crippen LogP contribution in [0.15, 0.2) is 66.7 Å². The molecule has 0 bridgehead atoms. The maximum absolute atomic E-state index is 6.48. The van der Waals surface area contributed by atoms with E-state index < -0.39 is 0 Å². The Morgan fingerprint density at radius 1 is 0.781 bits per heavy atom. The quantitative estimate of drug-likeness (QED) is 0.465. The van der Waals surface area contributed by atoms with Crippen LogP contribution >= 0.6 is 0 Å². The molecule has 0 saturated carbocycles. The Morgan fingerprint density at radius 3 is 1.75 bits per heavy atom. The van der Waals surface area contributed by atoms with Crippen molar-refractivity contribution in [3.63, 3.8) is 0 Å². The van der Waals surface area contributed by atoms with E-state index in [1.165, 1.54) is 39.2 Å². The number of fused-ring (bicyclic) bond motifs is 2. The van der Waals surface area contributed by atoms with Gasteiger partial charge in [-0.3, -0.25) is 0 Å². The fourth-order valence-corrected chi connectivity index (χ4v) is 4.99. The smallest absolute Gasteiger partial charge is 0.0720 e. The molecule has 1 aliphatic carbocycles. The van der Waals surface area contributed by atoms with Crippen molar-refractivity contribution < 1.29 is 4.74 Å². The summed E-state index contributed by atoms with van der Waals surface area (Å²) in [5.41, 5.74) is 9.15. The van der Waals surface area contributed by atoms with Gasteiger partial charge in [0.15, 0.2) is 0 Å². The van der Waals surface area contributed by atoms with Crippen molar-refractivity contribution in [3.8, 4) is 0 Å². The minimum atomic E-state index is -0.0850. The van der Waals surface area contributed by atoms with E-state index in [0.29, 0.717) is 6.61 Å². The molecule has 1 atom stereocenters. The summed E-state index contributed by atoms with van der Waals surface area (Å²) in [6, 6.07) is 24.3. The third-order valence-corrected chi connectivity index (χ3v) is 6.95. The van der Waals surface area contributed by atoms with Gasteiger partial charge >= 0.3 is 0 Å². The first-order chi connectivity index (χ1) is 15.2. The van der Waals surface area contributed by atoms with Crippen molar-refractivity contribution >= 4 is 11.4 Å². The SMILES string of the molecule is CC(OCc1ccccc1)C1c2ccc(N(C)C)cc2C(C)(C)c2cc(N(C)C)ccc21. The average molecular weight is 429 g/mol. The zero-order valence-corrected chi connectivity index (χ0v) is 20.5. The molecule has 0 amide bonds. The van der Waals surface area contributed by atoms with Crippen molar-refractivity contribution in [3.05, 3.63) is 94.5 Å². The van der Waals surface area contributed by atoms with Gasteiger partial charge in [0.1, 0.15) is 0 Å². The lowest BCUT2D eigenvalue weighted by atomic mass is 9.64. The highest BCUT2D eigenvalue weighted by Crippen LogP contribution is 2.50. The van der Waals surface area contributed by atoms with Gasteiger partial charge in [0, 0.05) is 50.9 Å². The van der Waals surface area contributed by atoms with Crippen molar-refractivity contribution in [1.29, 1.82) is 0 Å². The van der Waals surface area contributed by atoms with Crippen LogP contribution in [0, 0.1) is 0 Å². The van der Waals surface area contributed by atoms with E-state index in [1.54, 1.807) is 0 Å². The van der Waals surface area contributed by atoms with Crippen LogP contribution in [0.4, 0.5) is 11.4 Å². The summed E-state index contributed by atoms with van der Waals surface area (Å²) in [5, 5.41) is 0. The molecule has 3 nitrogen and oxygen atoms in total. The van der Waals surface area contributed by atoms with E-state index >= 15 is 0 Å². The number of ether oxygens (including phenoxy) is 1. The molecule has 0 fully saturated rings. The second kappa shape index (κ2) is 8.63. The molecule has 4 rings (SSSR count). The molecule has 1 aliphatic rings. The predicted molar refractivity (Wildman–Crippen MR) is 136 cm³/mol. The predicted octanol–water partition coefficient (Wildman–Crippen LogP) is 6.20. The number of benzene rings is 3. The van der Waals surface area contributed by atoms with Crippen molar-refractivity contribution in [2.24, 2.45) is 0 Å². The zero-order valence-electron chi connectivity index (χ0n) is 20.5. The Balaban J connectivity index is 1.81. The molecule has 3 aromatic carbocycles. The van der Waals surface area contributed by atoms with Gasteiger partial charge < -0.3 is 14.5 Å². The van der Waals surface area contributed by atoms with Gasteiger partial charge in [-0.05, 0) is 59.0 Å². The topological polar surface area (TPSA) is 15.7 Å². The van der Waals surface area contributed by atoms with E-state index in [-0.39, 0.29) is 17.4 Å². The van der Waals surface area contributed by atoms with E-state index in [0.717, 1.165) is 0 Å². The van der Waals surface area contributed by atoms with Gasteiger partial charge in [-0.1, -0.05) is 56.3 Å². The molecule has 3 heteroatoms. The van der Waals surface area contributed by atoms with Crippen LogP contribution in [0.1, 0.15) is 54.5 Å². The first-order valence-corrected chi connectivity index (χ1v) is 11.5. The van der Waals surface area contributed by atoms with E-state index in [9.17, 15) is 0 Å². The number of hydrogen-bond donors (Lipinski definition) is 0. The van der Waals surface area contributed by atoms with Gasteiger partial charge in [0.05, 0.1) is 12.7 Å². The third kappa shape index (κ3) is 4.02. The molecular weight excluding hydrogens is 392 g/mol. The van der Waals surface area contributed by atoms with Gasteiger partial charge in [0.25, 0.3) is 0 Å². The summed E-state index contributed by atoms with van der Waals surface area (Å²) in [6.07, 6.45) is 0.0548. The van der Waals surface area contributed by atoms with E-state index in [1.807, 2.05) is 6.07 Å². The third-order valence-electron chi connectivity index (χ3n) is 6.95. The first-order valence-electron chi connectivity index (χ1n) is 11.5. The summed E-state index contributed by atoms with van der Waals surface area (Å²) in [4.78, 5) is 4.37. The van der Waals surface area contributed by atoms with Crippen molar-refractivity contribution in [1.82, 2.24) is 0 Å². The summed E-state index contributed by atoms with van der Waals surface area (Å²) in [7, 11) is 8.44. The molecule has 3 aromatic rings. The lowest BCUT2D eigenvalue weighted by Crippen LogP contribution is -2.34. The van der Waals surface area contributed by atoms with Crippen LogP contribution < -0.4 is 9.80 Å². The van der Waals surface area contributed by atoms with Crippen LogP contribution in [-0.4, -0.2) is 34.3 Å². The fourth-order valence-electron chi connectivity index (χ4n) is 4.99. The molecule has 0 saturated heterocycles. The Hall–Kier alpha value is -2.78. The molecule has 1 unspecified atom stereocenters. The summed E-state index contributed by atoms with van der Waals surface area (Å²) in [6.45, 7) is 7.56. The van der Waals surface area contributed by atoms with Gasteiger partial charge in [-0.2, -0.15) is 0 Å². The van der Waals surface area contributed by atoms with Crippen LogP contribution in [0.5, 0.6) is 0 Å². The number of rotatable bonds is 6. The summed E-state index contributed by atoms with van der Waals surface area (Å²) < 4.78 is 6.48. The molecule has 0 radical (unpaired) electrons. The maximum atomic E-state index is 6.48. The summed E-state index contributed by atoms with van der Waals surface area (Å²) in [5.74, 6) is 0.198. The van der Waals surface area contributed by atoms with Gasteiger partial charge in [-0.25, -0.2) is 0 Å². The molecule has 0 heterocycles. The molecule has 0 spiro atoms. The van der Waals surface area contributed by atoms with Gasteiger partial charge in [0.2, 0.25) is 0 Å². The van der Waals surface area contributed by atoms with Crippen LogP contribution in [-0.2, 0) is 16.8 Å². The summed E-state index contributed by atoms with van der Waals surface area (Å²) >= 11 is 0. The molecular formula is C29H36N2O. The Bertz CT molecular complexity index is 1020. The molecule has 0 aromatic heterocycles. The lowest BCUT2D eigenvalue weighted by Gasteiger charge is -2.42. The highest BCUT2D eigenvalue weighted by molar-refractivity contribution is 5.64. The van der Waals surface area contributed by atoms with Crippen LogP contribution in [0.3, 0.4) is 0 Å². The molecule has 0 aliphatic heterocycles. The molecule has 0 N–H and O–H groups in total. The Labute approximate surface area is 193 Å². The highest BCUT2D eigenvalue weighted by atomic mass is 16.5. The maximum Gasteiger partial charge on any atom is 0.0720 e. The second-order valence-corrected chi connectivity index (χ2v) is 9.94. The number of anilines is 2. The monoisotopic (exact) mass is 428 g/mol. The van der Waals surface area contributed by atoms with E-state index in [2.05, 4.69) is 119 Å². The molecule has 32 heavy (non-hydrogen) atoms. The standard InChI is InChI=1S/C29H36N2O/c1-20(32-19-21-11-9-8-10-12-21)28-24-15-13-22(30(4)5)17-26(24)29(2,3)27-18-23(31(6)7)14-16-25(27)28/h8-18,20,28H,19H2,1-7H3. The van der Waals surface area contributed by atoms with Crippen molar-refractivity contribution in [2.75, 3.05) is 38.0 Å². The van der Waals surface area contributed by atoms with Crippen LogP contribution in [0.25, 0.3) is 0 Å². The van der Waals surface area contributed by atoms with E-state index in [4.69, 9.17) is 4.74 Å². The Morgan fingerprint density at radius 2 is 1.28 bits per heavy atom. The highest BCUT2D eigenvalue weighted by Gasteiger charge is 2.40. The average Bonchev–Trinajstić information content (AvgIpc) is 2.78. The normalized spacial score (nSPS) is 15.6. The largest absolute Gasteiger partial charge is 0.378 e. The van der Waals surface area contributed by atoms with Crippen molar-refractivity contribution in [2.45, 2.75) is 44.8 Å². The Kier molecular flexibility index (Phi) is 6.05. The first kappa shape index (κ1) is 22.4. The number of nitrogens with zero attached hydrogens (tertiary/aromatic N) is 2. The second-order valence-electron chi connectivity index (χ2n) is 9.94. The number of hydrogen-bond acceptors (Lipinski definition) is 3. The minimum Gasteiger partial charge on any atom is -0.378 e. The zero-order chi connectivity index (χ0) is 23.0. The van der Waals surface area contributed by atoms with Crippen LogP contribution in [0.2, 0.25) is 0 Å². The lowest BCUT2D eigenvalue weighted by molar-refractivity contribution is 0.0413. The fraction of sp³-hybridized carbons (Fsp3) is 0.379. The molecule has 168 valence electrons. The van der Waals surface area contributed by atoms with Gasteiger partial charge in [-0.15, -0.1) is 0 Å².